The van der Waals surface area contributed by atoms with E-state index in [2.05, 4.69) is 5.32 Å². The quantitative estimate of drug-likeness (QED) is 0.793. The zero-order valence-corrected chi connectivity index (χ0v) is 18.2. The number of carbonyl (C=O) groups excluding carboxylic acids is 1. The van der Waals surface area contributed by atoms with Gasteiger partial charge in [-0.05, 0) is 80.5 Å². The van der Waals surface area contributed by atoms with Crippen molar-refractivity contribution in [2.75, 3.05) is 19.6 Å². The second-order valence-corrected chi connectivity index (χ2v) is 11.0. The van der Waals surface area contributed by atoms with Crippen LogP contribution in [0.5, 0.6) is 0 Å². The Morgan fingerprint density at radius 3 is 2.34 bits per heavy atom. The van der Waals surface area contributed by atoms with Crippen molar-refractivity contribution in [1.29, 1.82) is 0 Å². The zero-order chi connectivity index (χ0) is 20.3. The molecule has 4 rings (SSSR count). The first-order chi connectivity index (χ1) is 14.0. The highest BCUT2D eigenvalue weighted by molar-refractivity contribution is 7.89. The van der Waals surface area contributed by atoms with E-state index in [1.165, 1.54) is 49.7 Å². The van der Waals surface area contributed by atoms with Crippen LogP contribution in [0.4, 0.5) is 0 Å². The van der Waals surface area contributed by atoms with Gasteiger partial charge in [0.05, 0.1) is 4.90 Å². The van der Waals surface area contributed by atoms with Gasteiger partial charge in [-0.3, -0.25) is 4.79 Å². The first-order valence-corrected chi connectivity index (χ1v) is 12.9. The van der Waals surface area contributed by atoms with Gasteiger partial charge in [0.25, 0.3) is 0 Å². The van der Waals surface area contributed by atoms with Crippen LogP contribution in [0.3, 0.4) is 0 Å². The molecule has 0 aromatic heterocycles. The van der Waals surface area contributed by atoms with Crippen LogP contribution in [0.2, 0.25) is 0 Å². The van der Waals surface area contributed by atoms with E-state index in [1.54, 1.807) is 10.4 Å². The second-order valence-electron chi connectivity index (χ2n) is 9.07. The molecule has 0 bridgehead atoms. The molecule has 2 aliphatic carbocycles. The van der Waals surface area contributed by atoms with Gasteiger partial charge in [0.2, 0.25) is 15.9 Å². The standard InChI is InChI=1S/C23H34N2O3S/c26-23(24-17-18-6-2-1-3-7-18)20-12-14-25(15-13-20)29(27,28)22-11-10-19-8-4-5-9-21(19)16-22/h10-11,16,18,20H,1-9,12-15,17H2,(H,24,26). The molecule has 1 heterocycles. The SMILES string of the molecule is O=C(NCC1CCCCC1)C1CCN(S(=O)(=O)c2ccc3c(c2)CCCC3)CC1. The molecular weight excluding hydrogens is 384 g/mol. The maximum absolute atomic E-state index is 13.1. The largest absolute Gasteiger partial charge is 0.356 e. The summed E-state index contributed by atoms with van der Waals surface area (Å²) in [6.45, 7) is 1.65. The molecule has 2 fully saturated rings. The summed E-state index contributed by atoms with van der Waals surface area (Å²) >= 11 is 0. The van der Waals surface area contributed by atoms with Gasteiger partial charge in [0.1, 0.15) is 0 Å². The van der Waals surface area contributed by atoms with E-state index in [0.717, 1.165) is 25.8 Å². The molecule has 1 aliphatic heterocycles. The minimum Gasteiger partial charge on any atom is -0.356 e. The molecule has 1 amide bonds. The third-order valence-corrected chi connectivity index (χ3v) is 8.97. The molecule has 1 aromatic rings. The smallest absolute Gasteiger partial charge is 0.243 e. The highest BCUT2D eigenvalue weighted by atomic mass is 32.2. The third kappa shape index (κ3) is 4.85. The number of hydrogen-bond donors (Lipinski definition) is 1. The Hall–Kier alpha value is -1.40. The van der Waals surface area contributed by atoms with Crippen LogP contribution in [0, 0.1) is 11.8 Å². The Balaban J connectivity index is 1.32. The molecule has 0 atom stereocenters. The first kappa shape index (κ1) is 20.9. The lowest BCUT2D eigenvalue weighted by atomic mass is 9.89. The number of nitrogens with one attached hydrogen (secondary N) is 1. The topological polar surface area (TPSA) is 66.5 Å². The minimum absolute atomic E-state index is 0.0615. The van der Waals surface area contributed by atoms with Gasteiger partial charge in [-0.15, -0.1) is 0 Å². The van der Waals surface area contributed by atoms with Gasteiger partial charge >= 0.3 is 0 Å². The molecule has 1 saturated carbocycles. The highest BCUT2D eigenvalue weighted by Gasteiger charge is 2.32. The van der Waals surface area contributed by atoms with Crippen LogP contribution in [-0.2, 0) is 27.7 Å². The summed E-state index contributed by atoms with van der Waals surface area (Å²) in [4.78, 5) is 13.0. The molecule has 5 nitrogen and oxygen atoms in total. The van der Waals surface area contributed by atoms with E-state index in [4.69, 9.17) is 0 Å². The minimum atomic E-state index is -3.47. The third-order valence-electron chi connectivity index (χ3n) is 7.07. The van der Waals surface area contributed by atoms with Crippen LogP contribution in [0.15, 0.2) is 23.1 Å². The number of carbonyl (C=O) groups is 1. The molecule has 0 unspecified atom stereocenters. The molecule has 3 aliphatic rings. The van der Waals surface area contributed by atoms with E-state index < -0.39 is 10.0 Å². The fourth-order valence-corrected chi connectivity index (χ4v) is 6.68. The number of nitrogens with zero attached hydrogens (tertiary/aromatic N) is 1. The van der Waals surface area contributed by atoms with Crippen molar-refractivity contribution in [3.05, 3.63) is 29.3 Å². The maximum atomic E-state index is 13.1. The molecule has 160 valence electrons. The van der Waals surface area contributed by atoms with Crippen molar-refractivity contribution < 1.29 is 13.2 Å². The number of benzene rings is 1. The number of aryl methyl sites for hydroxylation is 2. The van der Waals surface area contributed by atoms with Crippen molar-refractivity contribution in [3.63, 3.8) is 0 Å². The average molecular weight is 419 g/mol. The number of sulfonamides is 1. The van der Waals surface area contributed by atoms with E-state index in [1.807, 2.05) is 12.1 Å². The zero-order valence-electron chi connectivity index (χ0n) is 17.4. The predicted molar refractivity (Wildman–Crippen MR) is 114 cm³/mol. The van der Waals surface area contributed by atoms with Gasteiger partial charge in [0.15, 0.2) is 0 Å². The summed E-state index contributed by atoms with van der Waals surface area (Å²) in [5.74, 6) is 0.673. The Kier molecular flexibility index (Phi) is 6.60. The normalized spacial score (nSPS) is 22.2. The lowest BCUT2D eigenvalue weighted by molar-refractivity contribution is -0.126. The lowest BCUT2D eigenvalue weighted by Gasteiger charge is -2.31. The number of hydrogen-bond acceptors (Lipinski definition) is 3. The average Bonchev–Trinajstić information content (AvgIpc) is 2.78. The van der Waals surface area contributed by atoms with Gasteiger partial charge in [-0.2, -0.15) is 4.31 Å². The molecule has 1 saturated heterocycles. The molecule has 1 aromatic carbocycles. The summed E-state index contributed by atoms with van der Waals surface area (Å²) < 4.78 is 27.8. The monoisotopic (exact) mass is 418 g/mol. The Morgan fingerprint density at radius 1 is 0.931 bits per heavy atom. The van der Waals surface area contributed by atoms with Crippen molar-refractivity contribution in [2.45, 2.75) is 75.5 Å². The maximum Gasteiger partial charge on any atom is 0.243 e. The number of piperidine rings is 1. The van der Waals surface area contributed by atoms with E-state index in [9.17, 15) is 13.2 Å². The summed E-state index contributed by atoms with van der Waals surface area (Å²) in [5, 5.41) is 3.13. The molecule has 29 heavy (non-hydrogen) atoms. The molecule has 6 heteroatoms. The van der Waals surface area contributed by atoms with E-state index in [-0.39, 0.29) is 11.8 Å². The summed E-state index contributed by atoms with van der Waals surface area (Å²) in [7, 11) is -3.47. The Bertz CT molecular complexity index is 823. The fourth-order valence-electron chi connectivity index (χ4n) is 5.16. The van der Waals surface area contributed by atoms with Crippen LogP contribution in [0.25, 0.3) is 0 Å². The van der Waals surface area contributed by atoms with Crippen molar-refractivity contribution in [2.24, 2.45) is 11.8 Å². The highest BCUT2D eigenvalue weighted by Crippen LogP contribution is 2.28. The molecule has 0 spiro atoms. The summed E-state index contributed by atoms with van der Waals surface area (Å²) in [6.07, 6.45) is 11.9. The van der Waals surface area contributed by atoms with Gasteiger partial charge in [-0.25, -0.2) is 8.42 Å². The Labute approximate surface area is 175 Å². The Morgan fingerprint density at radius 2 is 1.62 bits per heavy atom. The van der Waals surface area contributed by atoms with Crippen LogP contribution >= 0.6 is 0 Å². The lowest BCUT2D eigenvalue weighted by Crippen LogP contribution is -2.43. The number of rotatable bonds is 5. The van der Waals surface area contributed by atoms with Crippen LogP contribution < -0.4 is 5.32 Å². The molecule has 0 radical (unpaired) electrons. The van der Waals surface area contributed by atoms with Crippen molar-refractivity contribution in [1.82, 2.24) is 9.62 Å². The van der Waals surface area contributed by atoms with E-state index >= 15 is 0 Å². The predicted octanol–water partition coefficient (Wildman–Crippen LogP) is 3.66. The first-order valence-electron chi connectivity index (χ1n) is 11.4. The van der Waals surface area contributed by atoms with Gasteiger partial charge in [0, 0.05) is 25.6 Å². The van der Waals surface area contributed by atoms with Crippen molar-refractivity contribution in [3.8, 4) is 0 Å². The molecular formula is C23H34N2O3S. The fraction of sp³-hybridized carbons (Fsp3) is 0.696. The van der Waals surface area contributed by atoms with Crippen LogP contribution in [-0.4, -0.2) is 38.3 Å². The second kappa shape index (κ2) is 9.17. The van der Waals surface area contributed by atoms with Gasteiger partial charge < -0.3 is 5.32 Å². The summed E-state index contributed by atoms with van der Waals surface area (Å²) in [6, 6.07) is 5.64. The van der Waals surface area contributed by atoms with Gasteiger partial charge in [-0.1, -0.05) is 25.3 Å². The van der Waals surface area contributed by atoms with Crippen molar-refractivity contribution >= 4 is 15.9 Å². The van der Waals surface area contributed by atoms with E-state index in [0.29, 0.717) is 36.7 Å². The number of fused-ring (bicyclic) bond motifs is 1. The van der Waals surface area contributed by atoms with Crippen LogP contribution in [0.1, 0.15) is 68.9 Å². The molecule has 1 N–H and O–H groups in total. The summed E-state index contributed by atoms with van der Waals surface area (Å²) in [5.41, 5.74) is 2.48. The number of amides is 1.